The molecular weight excluding hydrogens is 474 g/mol. The third kappa shape index (κ3) is 4.06. The Morgan fingerprint density at radius 3 is 2.32 bits per heavy atom. The van der Waals surface area contributed by atoms with Crippen molar-refractivity contribution in [3.05, 3.63) is 108 Å². The van der Waals surface area contributed by atoms with Gasteiger partial charge in [-0.1, -0.05) is 66.7 Å². The van der Waals surface area contributed by atoms with Crippen LogP contribution in [-0.4, -0.2) is 59.9 Å². The van der Waals surface area contributed by atoms with Crippen LogP contribution >= 0.6 is 0 Å². The first-order valence-electron chi connectivity index (χ1n) is 13.1. The molecule has 6 rings (SSSR count). The first kappa shape index (κ1) is 24.0. The van der Waals surface area contributed by atoms with Crippen molar-refractivity contribution in [3.63, 3.8) is 0 Å². The summed E-state index contributed by atoms with van der Waals surface area (Å²) in [6.45, 7) is 1.83. The van der Waals surface area contributed by atoms with Crippen LogP contribution in [0.2, 0.25) is 0 Å². The number of rotatable bonds is 6. The maximum atomic E-state index is 14.0. The number of hydrogen-bond acceptors (Lipinski definition) is 3. The van der Waals surface area contributed by atoms with E-state index in [9.17, 15) is 9.59 Å². The van der Waals surface area contributed by atoms with Gasteiger partial charge >= 0.3 is 0 Å². The van der Waals surface area contributed by atoms with E-state index in [1.807, 2.05) is 90.0 Å². The Morgan fingerprint density at radius 1 is 0.974 bits per heavy atom. The molecule has 2 amide bonds. The van der Waals surface area contributed by atoms with E-state index in [4.69, 9.17) is 4.74 Å². The number of carbonyl (C=O) groups is 2. The minimum Gasteiger partial charge on any atom is -0.497 e. The minimum atomic E-state index is -0.756. The Balaban J connectivity index is 1.18. The van der Waals surface area contributed by atoms with Gasteiger partial charge in [0.05, 0.1) is 13.7 Å². The average Bonchev–Trinajstić information content (AvgIpc) is 3.55. The SMILES string of the molecule is COc1ccc2[nH]cc(C3=CCN(C(=O)CN4CCC(c5ccccc5)(c5ccccc5)C4=O)CC3)c2c1. The third-order valence-corrected chi connectivity index (χ3v) is 8.07. The van der Waals surface area contributed by atoms with Gasteiger partial charge in [0.1, 0.15) is 11.2 Å². The molecule has 1 saturated heterocycles. The molecule has 0 spiro atoms. The molecule has 1 N–H and O–H groups in total. The molecule has 192 valence electrons. The van der Waals surface area contributed by atoms with E-state index in [1.54, 1.807) is 12.0 Å². The molecule has 0 aliphatic carbocycles. The van der Waals surface area contributed by atoms with Crippen LogP contribution in [0.25, 0.3) is 16.5 Å². The molecule has 38 heavy (non-hydrogen) atoms. The topological polar surface area (TPSA) is 65.6 Å². The number of likely N-dealkylation sites (tertiary alicyclic amines) is 1. The summed E-state index contributed by atoms with van der Waals surface area (Å²) in [6.07, 6.45) is 5.58. The van der Waals surface area contributed by atoms with Gasteiger partial charge in [-0.2, -0.15) is 0 Å². The molecule has 3 heterocycles. The molecule has 0 bridgehead atoms. The van der Waals surface area contributed by atoms with Gasteiger partial charge in [0.25, 0.3) is 0 Å². The van der Waals surface area contributed by atoms with Crippen LogP contribution in [0.1, 0.15) is 29.5 Å². The number of H-pyrrole nitrogens is 1. The highest BCUT2D eigenvalue weighted by atomic mass is 16.5. The van der Waals surface area contributed by atoms with Crippen LogP contribution in [0.15, 0.2) is 91.1 Å². The van der Waals surface area contributed by atoms with Gasteiger partial charge in [-0.25, -0.2) is 0 Å². The number of carbonyl (C=O) groups excluding carboxylic acids is 2. The Bertz CT molecular complexity index is 1470. The van der Waals surface area contributed by atoms with Gasteiger partial charge < -0.3 is 19.5 Å². The van der Waals surface area contributed by atoms with Crippen molar-refractivity contribution in [1.29, 1.82) is 0 Å². The number of nitrogens with one attached hydrogen (secondary N) is 1. The number of hydrogen-bond donors (Lipinski definition) is 1. The summed E-state index contributed by atoms with van der Waals surface area (Å²) in [5, 5.41) is 1.12. The maximum absolute atomic E-state index is 14.0. The van der Waals surface area contributed by atoms with E-state index in [-0.39, 0.29) is 18.4 Å². The summed E-state index contributed by atoms with van der Waals surface area (Å²) < 4.78 is 5.41. The molecule has 1 aromatic heterocycles. The predicted octanol–water partition coefficient (Wildman–Crippen LogP) is 5.01. The molecular formula is C32H31N3O3. The number of fused-ring (bicyclic) bond motifs is 1. The number of amides is 2. The van der Waals surface area contributed by atoms with Gasteiger partial charge in [-0.05, 0) is 47.7 Å². The quantitative estimate of drug-likeness (QED) is 0.401. The van der Waals surface area contributed by atoms with Crippen LogP contribution < -0.4 is 4.74 Å². The Morgan fingerprint density at radius 2 is 1.68 bits per heavy atom. The zero-order valence-corrected chi connectivity index (χ0v) is 21.5. The van der Waals surface area contributed by atoms with Gasteiger partial charge in [0.15, 0.2) is 0 Å². The van der Waals surface area contributed by atoms with Crippen molar-refractivity contribution >= 4 is 28.3 Å². The molecule has 2 aliphatic heterocycles. The number of aromatic amines is 1. The fraction of sp³-hybridized carbons (Fsp3) is 0.250. The molecule has 0 unspecified atom stereocenters. The largest absolute Gasteiger partial charge is 0.497 e. The Hall–Kier alpha value is -4.32. The average molecular weight is 506 g/mol. The molecule has 6 heteroatoms. The summed E-state index contributed by atoms with van der Waals surface area (Å²) in [6, 6.07) is 25.9. The fourth-order valence-corrected chi connectivity index (χ4v) is 5.98. The number of benzene rings is 3. The molecule has 1 fully saturated rings. The van der Waals surface area contributed by atoms with Gasteiger partial charge in [0, 0.05) is 42.3 Å². The van der Waals surface area contributed by atoms with Crippen LogP contribution in [0.5, 0.6) is 5.75 Å². The lowest BCUT2D eigenvalue weighted by molar-refractivity contribution is -0.139. The first-order chi connectivity index (χ1) is 18.6. The monoisotopic (exact) mass is 505 g/mol. The van der Waals surface area contributed by atoms with Crippen molar-refractivity contribution < 1.29 is 14.3 Å². The molecule has 6 nitrogen and oxygen atoms in total. The van der Waals surface area contributed by atoms with Crippen molar-refractivity contribution in [2.24, 2.45) is 0 Å². The summed E-state index contributed by atoms with van der Waals surface area (Å²) in [4.78, 5) is 34.3. The summed E-state index contributed by atoms with van der Waals surface area (Å²) >= 11 is 0. The van der Waals surface area contributed by atoms with Gasteiger partial charge in [-0.15, -0.1) is 0 Å². The Labute approximate surface area is 222 Å². The minimum absolute atomic E-state index is 0.00392. The number of ether oxygens (including phenoxy) is 1. The standard InChI is InChI=1S/C32H31N3O3/c1-38-26-12-13-29-27(20-26)28(21-33-29)23-14-17-34(18-15-23)30(36)22-35-19-16-32(31(35)37,24-8-4-2-5-9-24)25-10-6-3-7-11-25/h2-14,20-21,33H,15-19,22H2,1H3. The number of methoxy groups -OCH3 is 1. The Kier molecular flexibility index (Phi) is 6.24. The smallest absolute Gasteiger partial charge is 0.242 e. The molecule has 0 atom stereocenters. The van der Waals surface area contributed by atoms with Crippen molar-refractivity contribution in [1.82, 2.24) is 14.8 Å². The van der Waals surface area contributed by atoms with Gasteiger partial charge in [0.2, 0.25) is 11.8 Å². The third-order valence-electron chi connectivity index (χ3n) is 8.07. The van der Waals surface area contributed by atoms with E-state index in [0.29, 0.717) is 26.1 Å². The van der Waals surface area contributed by atoms with E-state index >= 15 is 0 Å². The molecule has 4 aromatic rings. The van der Waals surface area contributed by atoms with E-state index in [0.717, 1.165) is 39.8 Å². The highest BCUT2D eigenvalue weighted by Gasteiger charge is 2.49. The zero-order chi connectivity index (χ0) is 26.1. The molecule has 3 aromatic carbocycles. The lowest BCUT2D eigenvalue weighted by Gasteiger charge is -2.31. The second-order valence-electron chi connectivity index (χ2n) is 10.0. The first-order valence-corrected chi connectivity index (χ1v) is 13.1. The lowest BCUT2D eigenvalue weighted by atomic mass is 9.73. The maximum Gasteiger partial charge on any atom is 0.242 e. The highest BCUT2D eigenvalue weighted by molar-refractivity contribution is 5.97. The van der Waals surface area contributed by atoms with E-state index in [1.165, 1.54) is 5.57 Å². The summed E-state index contributed by atoms with van der Waals surface area (Å²) in [5.74, 6) is 0.819. The molecule has 0 radical (unpaired) electrons. The van der Waals surface area contributed by atoms with E-state index in [2.05, 4.69) is 11.1 Å². The van der Waals surface area contributed by atoms with Crippen LogP contribution in [-0.2, 0) is 15.0 Å². The van der Waals surface area contributed by atoms with Crippen LogP contribution in [0.3, 0.4) is 0 Å². The zero-order valence-electron chi connectivity index (χ0n) is 21.5. The van der Waals surface area contributed by atoms with Crippen LogP contribution in [0.4, 0.5) is 0 Å². The van der Waals surface area contributed by atoms with Gasteiger partial charge in [-0.3, -0.25) is 9.59 Å². The number of aromatic nitrogens is 1. The molecule has 0 saturated carbocycles. The second kappa shape index (κ2) is 9.86. The van der Waals surface area contributed by atoms with Crippen molar-refractivity contribution in [2.75, 3.05) is 33.3 Å². The normalized spacial score (nSPS) is 17.1. The second-order valence-corrected chi connectivity index (χ2v) is 10.0. The van der Waals surface area contributed by atoms with Crippen LogP contribution in [0, 0.1) is 0 Å². The van der Waals surface area contributed by atoms with Crippen molar-refractivity contribution in [2.45, 2.75) is 18.3 Å². The van der Waals surface area contributed by atoms with Crippen molar-refractivity contribution in [3.8, 4) is 5.75 Å². The van der Waals surface area contributed by atoms with E-state index < -0.39 is 5.41 Å². The fourth-order valence-electron chi connectivity index (χ4n) is 5.98. The predicted molar refractivity (Wildman–Crippen MR) is 149 cm³/mol. The highest BCUT2D eigenvalue weighted by Crippen LogP contribution is 2.42. The lowest BCUT2D eigenvalue weighted by Crippen LogP contribution is -2.45. The summed E-state index contributed by atoms with van der Waals surface area (Å²) in [5.41, 5.74) is 4.63. The summed E-state index contributed by atoms with van der Waals surface area (Å²) in [7, 11) is 1.67. The number of nitrogens with zero attached hydrogens (tertiary/aromatic N) is 2. The molecule has 2 aliphatic rings.